The summed E-state index contributed by atoms with van der Waals surface area (Å²) in [6.45, 7) is 5.20. The van der Waals surface area contributed by atoms with Crippen LogP contribution in [0.15, 0.2) is 18.2 Å². The fourth-order valence-corrected chi connectivity index (χ4v) is 2.53. The standard InChI is InChI=1S/C14H21FN2O/c1-10(13-4-3-12(15)7-14(13)18)16-8-11-5-6-17(2)9-11/h3-4,7,10-11,16,18H,5-6,8-9H2,1-2H3. The molecule has 0 amide bonds. The first kappa shape index (κ1) is 13.3. The smallest absolute Gasteiger partial charge is 0.126 e. The van der Waals surface area contributed by atoms with E-state index in [2.05, 4.69) is 17.3 Å². The quantitative estimate of drug-likeness (QED) is 0.861. The van der Waals surface area contributed by atoms with Crippen molar-refractivity contribution >= 4 is 0 Å². The Morgan fingerprint density at radius 1 is 1.56 bits per heavy atom. The molecule has 18 heavy (non-hydrogen) atoms. The molecular weight excluding hydrogens is 231 g/mol. The van der Waals surface area contributed by atoms with Crippen molar-refractivity contribution in [3.63, 3.8) is 0 Å². The van der Waals surface area contributed by atoms with Crippen molar-refractivity contribution in [3.8, 4) is 5.75 Å². The summed E-state index contributed by atoms with van der Waals surface area (Å²) in [6, 6.07) is 4.23. The number of rotatable bonds is 4. The summed E-state index contributed by atoms with van der Waals surface area (Å²) in [5, 5.41) is 13.1. The van der Waals surface area contributed by atoms with Gasteiger partial charge in [0.15, 0.2) is 0 Å². The molecule has 1 aliphatic heterocycles. The largest absolute Gasteiger partial charge is 0.508 e. The average Bonchev–Trinajstić information content (AvgIpc) is 2.72. The second kappa shape index (κ2) is 5.67. The lowest BCUT2D eigenvalue weighted by atomic mass is 10.0. The molecule has 4 heteroatoms. The highest BCUT2D eigenvalue weighted by molar-refractivity contribution is 5.34. The lowest BCUT2D eigenvalue weighted by Crippen LogP contribution is -2.27. The molecule has 3 nitrogen and oxygen atoms in total. The van der Waals surface area contributed by atoms with E-state index < -0.39 is 5.82 Å². The van der Waals surface area contributed by atoms with Gasteiger partial charge in [0, 0.05) is 24.2 Å². The van der Waals surface area contributed by atoms with Gasteiger partial charge in [-0.1, -0.05) is 6.07 Å². The predicted molar refractivity (Wildman–Crippen MR) is 70.1 cm³/mol. The van der Waals surface area contributed by atoms with Crippen LogP contribution in [0.25, 0.3) is 0 Å². The summed E-state index contributed by atoms with van der Waals surface area (Å²) in [4.78, 5) is 2.33. The summed E-state index contributed by atoms with van der Waals surface area (Å²) in [7, 11) is 2.13. The molecule has 2 N–H and O–H groups in total. The van der Waals surface area contributed by atoms with Gasteiger partial charge in [-0.3, -0.25) is 0 Å². The molecule has 1 fully saturated rings. The maximum absolute atomic E-state index is 12.9. The average molecular weight is 252 g/mol. The van der Waals surface area contributed by atoms with Crippen molar-refractivity contribution in [1.82, 2.24) is 10.2 Å². The third-order valence-corrected chi connectivity index (χ3v) is 3.66. The Labute approximate surface area is 108 Å². The first-order chi connectivity index (χ1) is 8.56. The number of benzene rings is 1. The highest BCUT2D eigenvalue weighted by atomic mass is 19.1. The fourth-order valence-electron chi connectivity index (χ4n) is 2.53. The Morgan fingerprint density at radius 3 is 2.94 bits per heavy atom. The van der Waals surface area contributed by atoms with E-state index in [1.807, 2.05) is 6.92 Å². The number of nitrogens with one attached hydrogen (secondary N) is 1. The van der Waals surface area contributed by atoms with Crippen molar-refractivity contribution in [2.45, 2.75) is 19.4 Å². The number of phenols is 1. The van der Waals surface area contributed by atoms with Gasteiger partial charge >= 0.3 is 0 Å². The molecule has 2 atom stereocenters. The minimum absolute atomic E-state index is 0.0264. The number of nitrogens with zero attached hydrogens (tertiary/aromatic N) is 1. The number of likely N-dealkylation sites (tertiary alicyclic amines) is 1. The molecule has 1 saturated heterocycles. The Balaban J connectivity index is 1.89. The summed E-state index contributed by atoms with van der Waals surface area (Å²) >= 11 is 0. The molecule has 100 valence electrons. The molecule has 1 heterocycles. The number of phenolic OH excluding ortho intramolecular Hbond substituents is 1. The van der Waals surface area contributed by atoms with E-state index in [1.54, 1.807) is 6.07 Å². The first-order valence-electron chi connectivity index (χ1n) is 6.46. The second-order valence-corrected chi connectivity index (χ2v) is 5.25. The van der Waals surface area contributed by atoms with Gasteiger partial charge in [-0.05, 0) is 45.5 Å². The van der Waals surface area contributed by atoms with Gasteiger partial charge in [0.2, 0.25) is 0 Å². The van der Waals surface area contributed by atoms with Gasteiger partial charge in [-0.2, -0.15) is 0 Å². The lowest BCUT2D eigenvalue weighted by molar-refractivity contribution is 0.379. The molecule has 0 radical (unpaired) electrons. The normalized spacial score (nSPS) is 22.3. The van der Waals surface area contributed by atoms with Gasteiger partial charge in [-0.15, -0.1) is 0 Å². The minimum atomic E-state index is -0.402. The van der Waals surface area contributed by atoms with Crippen molar-refractivity contribution in [2.75, 3.05) is 26.7 Å². The molecule has 0 saturated carbocycles. The molecule has 2 rings (SSSR count). The highest BCUT2D eigenvalue weighted by Crippen LogP contribution is 2.25. The Hall–Kier alpha value is -1.13. The van der Waals surface area contributed by atoms with Gasteiger partial charge in [0.1, 0.15) is 11.6 Å². The van der Waals surface area contributed by atoms with E-state index in [0.717, 1.165) is 31.3 Å². The van der Waals surface area contributed by atoms with E-state index in [0.29, 0.717) is 5.92 Å². The maximum Gasteiger partial charge on any atom is 0.126 e. The number of hydrogen-bond donors (Lipinski definition) is 2. The Bertz CT molecular complexity index is 411. The van der Waals surface area contributed by atoms with Gasteiger partial charge < -0.3 is 15.3 Å². The second-order valence-electron chi connectivity index (χ2n) is 5.25. The summed E-state index contributed by atoms with van der Waals surface area (Å²) in [5.74, 6) is 0.291. The molecule has 0 aromatic heterocycles. The Morgan fingerprint density at radius 2 is 2.33 bits per heavy atom. The van der Waals surface area contributed by atoms with Crippen LogP contribution in [0.1, 0.15) is 24.9 Å². The van der Waals surface area contributed by atoms with Crippen LogP contribution < -0.4 is 5.32 Å². The van der Waals surface area contributed by atoms with Crippen LogP contribution in [0.2, 0.25) is 0 Å². The van der Waals surface area contributed by atoms with Crippen molar-refractivity contribution < 1.29 is 9.50 Å². The van der Waals surface area contributed by atoms with E-state index in [-0.39, 0.29) is 11.8 Å². The van der Waals surface area contributed by atoms with Crippen LogP contribution in [0.5, 0.6) is 5.75 Å². The van der Waals surface area contributed by atoms with E-state index in [4.69, 9.17) is 0 Å². The first-order valence-corrected chi connectivity index (χ1v) is 6.46. The molecule has 1 aromatic carbocycles. The molecule has 0 aliphatic carbocycles. The van der Waals surface area contributed by atoms with E-state index >= 15 is 0 Å². The summed E-state index contributed by atoms with van der Waals surface area (Å²) < 4.78 is 12.9. The van der Waals surface area contributed by atoms with E-state index in [9.17, 15) is 9.50 Å². The van der Waals surface area contributed by atoms with Crippen LogP contribution in [0.3, 0.4) is 0 Å². The topological polar surface area (TPSA) is 35.5 Å². The summed E-state index contributed by atoms with van der Waals surface area (Å²) in [5.41, 5.74) is 0.753. The number of hydrogen-bond acceptors (Lipinski definition) is 3. The molecule has 0 spiro atoms. The third kappa shape index (κ3) is 3.21. The highest BCUT2D eigenvalue weighted by Gasteiger charge is 2.20. The maximum atomic E-state index is 12.9. The van der Waals surface area contributed by atoms with Crippen molar-refractivity contribution in [1.29, 1.82) is 0 Å². The number of aromatic hydroxyl groups is 1. The van der Waals surface area contributed by atoms with Crippen molar-refractivity contribution in [2.24, 2.45) is 5.92 Å². The lowest BCUT2D eigenvalue weighted by Gasteiger charge is -2.18. The molecule has 2 unspecified atom stereocenters. The summed E-state index contributed by atoms with van der Waals surface area (Å²) in [6.07, 6.45) is 1.21. The number of halogens is 1. The van der Waals surface area contributed by atoms with Crippen LogP contribution in [0.4, 0.5) is 4.39 Å². The molecule has 1 aliphatic rings. The predicted octanol–water partition coefficient (Wildman–Crippen LogP) is 2.13. The van der Waals surface area contributed by atoms with Gasteiger partial charge in [-0.25, -0.2) is 4.39 Å². The monoisotopic (exact) mass is 252 g/mol. The van der Waals surface area contributed by atoms with Crippen LogP contribution in [-0.2, 0) is 0 Å². The van der Waals surface area contributed by atoms with Crippen LogP contribution in [-0.4, -0.2) is 36.7 Å². The molecule has 1 aromatic rings. The fraction of sp³-hybridized carbons (Fsp3) is 0.571. The van der Waals surface area contributed by atoms with Crippen molar-refractivity contribution in [3.05, 3.63) is 29.6 Å². The van der Waals surface area contributed by atoms with Gasteiger partial charge in [0.25, 0.3) is 0 Å². The van der Waals surface area contributed by atoms with E-state index in [1.165, 1.54) is 12.5 Å². The SMILES string of the molecule is CC(NCC1CCN(C)C1)c1ccc(F)cc1O. The zero-order chi connectivity index (χ0) is 13.1. The van der Waals surface area contributed by atoms with Crippen LogP contribution >= 0.6 is 0 Å². The molecule has 0 bridgehead atoms. The molecular formula is C14H21FN2O. The minimum Gasteiger partial charge on any atom is -0.508 e. The Kier molecular flexibility index (Phi) is 4.19. The zero-order valence-corrected chi connectivity index (χ0v) is 11.0. The third-order valence-electron chi connectivity index (χ3n) is 3.66. The van der Waals surface area contributed by atoms with Crippen LogP contribution in [0, 0.1) is 11.7 Å². The zero-order valence-electron chi connectivity index (χ0n) is 11.0. The van der Waals surface area contributed by atoms with Gasteiger partial charge in [0.05, 0.1) is 0 Å².